The number of phenolic OH excluding ortho intramolecular Hbond substituents is 1. The van der Waals surface area contributed by atoms with Crippen molar-refractivity contribution in [2.75, 3.05) is 7.11 Å². The van der Waals surface area contributed by atoms with Crippen molar-refractivity contribution in [3.05, 3.63) is 49.5 Å². The van der Waals surface area contributed by atoms with Crippen LogP contribution in [-0.4, -0.2) is 33.4 Å². The lowest BCUT2D eigenvalue weighted by atomic mass is 10.2. The van der Waals surface area contributed by atoms with Crippen LogP contribution in [0, 0.1) is 0 Å². The van der Waals surface area contributed by atoms with E-state index in [0.717, 1.165) is 16.8 Å². The van der Waals surface area contributed by atoms with E-state index < -0.39 is 11.8 Å². The minimum absolute atomic E-state index is 0.0274. The molecule has 0 spiro atoms. The molecule has 2 amide bonds. The highest BCUT2D eigenvalue weighted by Crippen LogP contribution is 2.37. The molecule has 0 radical (unpaired) electrons. The third kappa shape index (κ3) is 3.78. The van der Waals surface area contributed by atoms with Crippen molar-refractivity contribution in [3.8, 4) is 11.5 Å². The van der Waals surface area contributed by atoms with E-state index in [2.05, 4.69) is 21.4 Å². The number of hydrazine groups is 1. The first-order chi connectivity index (χ1) is 12.4. The largest absolute Gasteiger partial charge is 0.503 e. The fraction of sp³-hybridized carbons (Fsp3) is 0.0625. The maximum absolute atomic E-state index is 12.6. The average Bonchev–Trinajstić information content (AvgIpc) is 3.23. The highest BCUT2D eigenvalue weighted by atomic mass is 79.9. The zero-order valence-corrected chi connectivity index (χ0v) is 17.2. The summed E-state index contributed by atoms with van der Waals surface area (Å²) in [6, 6.07) is 6.65. The number of ether oxygens (including phenoxy) is 1. The lowest BCUT2D eigenvalue weighted by molar-refractivity contribution is -0.123. The Morgan fingerprint density at radius 1 is 1.46 bits per heavy atom. The molecule has 1 fully saturated rings. The summed E-state index contributed by atoms with van der Waals surface area (Å²) in [4.78, 5) is 25.6. The van der Waals surface area contributed by atoms with Gasteiger partial charge in [-0.1, -0.05) is 17.8 Å². The first kappa shape index (κ1) is 18.9. The number of phenols is 1. The molecule has 0 unspecified atom stereocenters. The van der Waals surface area contributed by atoms with Crippen LogP contribution in [0.2, 0.25) is 0 Å². The Labute approximate surface area is 170 Å². The number of thiocarbonyl (C=S) groups is 1. The minimum Gasteiger partial charge on any atom is -0.503 e. The Morgan fingerprint density at radius 2 is 2.23 bits per heavy atom. The lowest BCUT2D eigenvalue weighted by Gasteiger charge is -2.14. The number of hydrogen-bond acceptors (Lipinski definition) is 7. The SMILES string of the molecule is COc1cc(/C=C2/SC(=S)N(NC(=O)c3cccs3)C2=O)cc(Br)c1O. The number of thiophene rings is 1. The van der Waals surface area contributed by atoms with Gasteiger partial charge in [0.2, 0.25) is 0 Å². The predicted molar refractivity (Wildman–Crippen MR) is 109 cm³/mol. The number of methoxy groups -OCH3 is 1. The maximum Gasteiger partial charge on any atom is 0.285 e. The number of hydrogen-bond donors (Lipinski definition) is 2. The molecule has 3 rings (SSSR count). The van der Waals surface area contributed by atoms with Crippen molar-refractivity contribution < 1.29 is 19.4 Å². The van der Waals surface area contributed by atoms with Gasteiger partial charge in [-0.05, 0) is 63.4 Å². The number of benzene rings is 1. The van der Waals surface area contributed by atoms with Crippen LogP contribution < -0.4 is 10.2 Å². The summed E-state index contributed by atoms with van der Waals surface area (Å²) in [5.74, 6) is -0.577. The smallest absolute Gasteiger partial charge is 0.285 e. The normalized spacial score (nSPS) is 15.6. The molecule has 134 valence electrons. The van der Waals surface area contributed by atoms with Gasteiger partial charge < -0.3 is 9.84 Å². The highest BCUT2D eigenvalue weighted by Gasteiger charge is 2.34. The summed E-state index contributed by atoms with van der Waals surface area (Å²) in [7, 11) is 1.44. The van der Waals surface area contributed by atoms with E-state index in [0.29, 0.717) is 19.8 Å². The summed E-state index contributed by atoms with van der Waals surface area (Å²) >= 11 is 10.8. The molecular weight excluding hydrogens is 460 g/mol. The maximum atomic E-state index is 12.6. The van der Waals surface area contributed by atoms with Crippen molar-refractivity contribution in [2.45, 2.75) is 0 Å². The van der Waals surface area contributed by atoms with E-state index in [4.69, 9.17) is 17.0 Å². The van der Waals surface area contributed by atoms with Gasteiger partial charge in [-0.25, -0.2) is 0 Å². The number of halogens is 1. The summed E-state index contributed by atoms with van der Waals surface area (Å²) in [5.41, 5.74) is 3.15. The molecule has 1 aliphatic heterocycles. The van der Waals surface area contributed by atoms with Crippen molar-refractivity contribution in [3.63, 3.8) is 0 Å². The van der Waals surface area contributed by atoms with Gasteiger partial charge in [-0.2, -0.15) is 5.01 Å². The first-order valence-corrected chi connectivity index (χ1v) is 9.99. The van der Waals surface area contributed by atoms with Crippen LogP contribution in [-0.2, 0) is 4.79 Å². The van der Waals surface area contributed by atoms with E-state index >= 15 is 0 Å². The van der Waals surface area contributed by atoms with Crippen molar-refractivity contribution in [1.29, 1.82) is 0 Å². The Morgan fingerprint density at radius 3 is 2.88 bits per heavy atom. The number of carbonyl (C=O) groups excluding carboxylic acids is 2. The summed E-state index contributed by atoms with van der Waals surface area (Å²) in [6.07, 6.45) is 1.61. The van der Waals surface area contributed by atoms with Gasteiger partial charge >= 0.3 is 0 Å². The zero-order valence-electron chi connectivity index (χ0n) is 13.2. The molecule has 0 aliphatic carbocycles. The van der Waals surface area contributed by atoms with Crippen LogP contribution in [0.1, 0.15) is 15.2 Å². The van der Waals surface area contributed by atoms with E-state index in [-0.39, 0.29) is 15.8 Å². The number of thioether (sulfide) groups is 1. The van der Waals surface area contributed by atoms with Crippen LogP contribution in [0.25, 0.3) is 6.08 Å². The third-order valence-electron chi connectivity index (χ3n) is 3.32. The van der Waals surface area contributed by atoms with Gasteiger partial charge in [0.05, 0.1) is 21.4 Å². The second-order valence-electron chi connectivity index (χ2n) is 4.99. The van der Waals surface area contributed by atoms with Gasteiger partial charge in [0.25, 0.3) is 11.8 Å². The standard InChI is InChI=1S/C16H11BrN2O4S3/c1-23-10-6-8(5-9(17)13(10)20)7-12-15(22)19(16(24)26-12)18-14(21)11-3-2-4-25-11/h2-7,20H,1H3,(H,18,21)/b12-7+. The van der Waals surface area contributed by atoms with Crippen molar-refractivity contribution in [1.82, 2.24) is 10.4 Å². The molecule has 1 aromatic carbocycles. The molecule has 0 atom stereocenters. The average molecular weight is 471 g/mol. The monoisotopic (exact) mass is 470 g/mol. The molecule has 0 saturated carbocycles. The topological polar surface area (TPSA) is 78.9 Å². The van der Waals surface area contributed by atoms with E-state index in [1.807, 2.05) is 0 Å². The predicted octanol–water partition coefficient (Wildman–Crippen LogP) is 3.77. The molecule has 2 heterocycles. The van der Waals surface area contributed by atoms with Crippen LogP contribution in [0.5, 0.6) is 11.5 Å². The Hall–Kier alpha value is -1.88. The van der Waals surface area contributed by atoms with E-state index in [1.54, 1.807) is 35.7 Å². The van der Waals surface area contributed by atoms with Crippen molar-refractivity contribution >= 4 is 73.5 Å². The minimum atomic E-state index is -0.423. The quantitative estimate of drug-likeness (QED) is 0.522. The molecule has 26 heavy (non-hydrogen) atoms. The number of aromatic hydroxyl groups is 1. The van der Waals surface area contributed by atoms with Gasteiger partial charge in [-0.15, -0.1) is 11.3 Å². The number of carbonyl (C=O) groups is 2. The fourth-order valence-electron chi connectivity index (χ4n) is 2.11. The molecule has 1 aromatic heterocycles. The fourth-order valence-corrected chi connectivity index (χ4v) is 4.37. The molecule has 2 aromatic rings. The van der Waals surface area contributed by atoms with Gasteiger partial charge in [0.15, 0.2) is 15.8 Å². The van der Waals surface area contributed by atoms with E-state index in [9.17, 15) is 14.7 Å². The number of amides is 2. The van der Waals surface area contributed by atoms with Gasteiger partial charge in [-0.3, -0.25) is 15.0 Å². The Balaban J connectivity index is 1.83. The summed E-state index contributed by atoms with van der Waals surface area (Å²) in [6.45, 7) is 0. The molecule has 10 heteroatoms. The van der Waals surface area contributed by atoms with Gasteiger partial charge in [0.1, 0.15) is 0 Å². The lowest BCUT2D eigenvalue weighted by Crippen LogP contribution is -2.44. The second kappa shape index (κ2) is 7.78. The van der Waals surface area contributed by atoms with E-state index in [1.165, 1.54) is 18.4 Å². The molecule has 1 aliphatic rings. The number of nitrogens with one attached hydrogen (secondary N) is 1. The highest BCUT2D eigenvalue weighted by molar-refractivity contribution is 9.10. The molecule has 2 N–H and O–H groups in total. The van der Waals surface area contributed by atoms with Gasteiger partial charge in [0, 0.05) is 0 Å². The Bertz CT molecular complexity index is 928. The van der Waals surface area contributed by atoms with Crippen LogP contribution in [0.3, 0.4) is 0 Å². The van der Waals surface area contributed by atoms with Crippen LogP contribution in [0.15, 0.2) is 39.0 Å². The Kier molecular flexibility index (Phi) is 5.66. The summed E-state index contributed by atoms with van der Waals surface area (Å²) < 4.78 is 5.77. The zero-order chi connectivity index (χ0) is 18.8. The molecule has 1 saturated heterocycles. The molecule has 0 bridgehead atoms. The van der Waals surface area contributed by atoms with Crippen molar-refractivity contribution in [2.24, 2.45) is 0 Å². The number of nitrogens with zero attached hydrogens (tertiary/aromatic N) is 1. The second-order valence-corrected chi connectivity index (χ2v) is 8.47. The molecule has 6 nitrogen and oxygen atoms in total. The van der Waals surface area contributed by atoms with Crippen LogP contribution in [0.4, 0.5) is 0 Å². The summed E-state index contributed by atoms with van der Waals surface area (Å²) in [5, 5.41) is 12.7. The molecular formula is C16H11BrN2O4S3. The third-order valence-corrected chi connectivity index (χ3v) is 6.10. The number of rotatable bonds is 4. The first-order valence-electron chi connectivity index (χ1n) is 7.09. The van der Waals surface area contributed by atoms with Crippen LogP contribution >= 0.6 is 51.2 Å².